The lowest BCUT2D eigenvalue weighted by Gasteiger charge is -2.19. The molecule has 0 radical (unpaired) electrons. The first kappa shape index (κ1) is 13.7. The van der Waals surface area contributed by atoms with Gasteiger partial charge < -0.3 is 15.2 Å². The van der Waals surface area contributed by atoms with E-state index >= 15 is 0 Å². The van der Waals surface area contributed by atoms with E-state index in [2.05, 4.69) is 5.32 Å². The van der Waals surface area contributed by atoms with Crippen LogP contribution in [-0.2, 0) is 4.74 Å². The minimum absolute atomic E-state index is 0.105. The third-order valence-electron chi connectivity index (χ3n) is 3.09. The monoisotopic (exact) mass is 273 g/mol. The number of benzene rings is 1. The first-order valence-electron chi connectivity index (χ1n) is 6.11. The average molecular weight is 274 g/mol. The van der Waals surface area contributed by atoms with E-state index in [1.807, 2.05) is 0 Å². The van der Waals surface area contributed by atoms with E-state index in [0.717, 1.165) is 19.4 Å². The van der Waals surface area contributed by atoms with Crippen LogP contribution < -0.4 is 5.32 Å². The van der Waals surface area contributed by atoms with Gasteiger partial charge in [0.2, 0.25) is 0 Å². The van der Waals surface area contributed by atoms with Gasteiger partial charge in [-0.05, 0) is 36.6 Å². The lowest BCUT2D eigenvalue weighted by atomic mass is 10.1. The number of hydrogen-bond acceptors (Lipinski definition) is 3. The minimum atomic E-state index is -0.394. The second-order valence-electron chi connectivity index (χ2n) is 4.48. The van der Waals surface area contributed by atoms with Gasteiger partial charge in [0.15, 0.2) is 0 Å². The van der Waals surface area contributed by atoms with Gasteiger partial charge in [-0.15, -0.1) is 0 Å². The van der Waals surface area contributed by atoms with Crippen molar-refractivity contribution in [2.75, 3.05) is 19.8 Å². The van der Waals surface area contributed by atoms with Gasteiger partial charge in [-0.25, -0.2) is 4.39 Å². The van der Waals surface area contributed by atoms with Crippen LogP contribution in [0.5, 0.6) is 0 Å². The van der Waals surface area contributed by atoms with E-state index in [0.29, 0.717) is 17.1 Å². The van der Waals surface area contributed by atoms with E-state index in [-0.39, 0.29) is 18.8 Å². The Bertz CT molecular complexity index is 376. The van der Waals surface area contributed by atoms with Gasteiger partial charge in [0, 0.05) is 18.2 Å². The second kappa shape index (κ2) is 6.48. The van der Waals surface area contributed by atoms with Crippen molar-refractivity contribution in [3.63, 3.8) is 0 Å². The van der Waals surface area contributed by atoms with Gasteiger partial charge in [0.25, 0.3) is 0 Å². The number of halogens is 2. The SMILES string of the molecule is OCC(NCC1CCCO1)c1cc(F)cc(Cl)c1. The van der Waals surface area contributed by atoms with Crippen molar-refractivity contribution in [3.05, 3.63) is 34.6 Å². The molecule has 0 spiro atoms. The molecule has 0 saturated carbocycles. The molecular formula is C13H17ClFNO2. The predicted molar refractivity (Wildman–Crippen MR) is 68.2 cm³/mol. The molecule has 0 aliphatic carbocycles. The van der Waals surface area contributed by atoms with Crippen molar-refractivity contribution in [1.29, 1.82) is 0 Å². The molecule has 1 aromatic carbocycles. The Hall–Kier alpha value is -0.680. The summed E-state index contributed by atoms with van der Waals surface area (Å²) in [5.41, 5.74) is 0.653. The summed E-state index contributed by atoms with van der Waals surface area (Å²) in [6, 6.07) is 3.98. The molecule has 1 heterocycles. The molecule has 0 aromatic heterocycles. The fourth-order valence-electron chi connectivity index (χ4n) is 2.14. The molecule has 1 saturated heterocycles. The van der Waals surface area contributed by atoms with Crippen molar-refractivity contribution in [2.45, 2.75) is 25.0 Å². The van der Waals surface area contributed by atoms with E-state index in [1.54, 1.807) is 6.07 Å². The van der Waals surface area contributed by atoms with Crippen molar-refractivity contribution >= 4 is 11.6 Å². The topological polar surface area (TPSA) is 41.5 Å². The van der Waals surface area contributed by atoms with E-state index in [9.17, 15) is 9.50 Å². The largest absolute Gasteiger partial charge is 0.394 e. The lowest BCUT2D eigenvalue weighted by Crippen LogP contribution is -2.32. The normalized spacial score (nSPS) is 21.2. The number of rotatable bonds is 5. The van der Waals surface area contributed by atoms with Gasteiger partial charge in [0.1, 0.15) is 5.82 Å². The number of nitrogens with one attached hydrogen (secondary N) is 1. The van der Waals surface area contributed by atoms with Gasteiger partial charge in [-0.3, -0.25) is 0 Å². The standard InChI is InChI=1S/C13H17ClFNO2/c14-10-4-9(5-11(15)6-10)13(8-17)16-7-12-2-1-3-18-12/h4-6,12-13,16-17H,1-3,7-8H2. The third-order valence-corrected chi connectivity index (χ3v) is 3.30. The summed E-state index contributed by atoms with van der Waals surface area (Å²) in [4.78, 5) is 0. The van der Waals surface area contributed by atoms with Crippen LogP contribution in [0, 0.1) is 5.82 Å². The molecule has 0 amide bonds. The van der Waals surface area contributed by atoms with Gasteiger partial charge in [-0.1, -0.05) is 11.6 Å². The predicted octanol–water partition coefficient (Wildman–Crippen LogP) is 2.28. The molecule has 5 heteroatoms. The number of aliphatic hydroxyl groups excluding tert-OH is 1. The van der Waals surface area contributed by atoms with Crippen LogP contribution in [0.2, 0.25) is 5.02 Å². The van der Waals surface area contributed by atoms with Crippen LogP contribution in [0.25, 0.3) is 0 Å². The summed E-state index contributed by atoms with van der Waals surface area (Å²) in [7, 11) is 0. The number of ether oxygens (including phenoxy) is 1. The summed E-state index contributed by atoms with van der Waals surface area (Å²) >= 11 is 5.80. The first-order chi connectivity index (χ1) is 8.69. The summed E-state index contributed by atoms with van der Waals surface area (Å²) in [5.74, 6) is -0.394. The Labute approximate surface area is 111 Å². The molecule has 0 bridgehead atoms. The second-order valence-corrected chi connectivity index (χ2v) is 4.92. The smallest absolute Gasteiger partial charge is 0.125 e. The summed E-state index contributed by atoms with van der Waals surface area (Å²) in [5, 5.41) is 12.9. The molecule has 2 atom stereocenters. The maximum atomic E-state index is 13.2. The molecule has 1 aliphatic rings. The van der Waals surface area contributed by atoms with E-state index < -0.39 is 5.82 Å². The minimum Gasteiger partial charge on any atom is -0.394 e. The molecular weight excluding hydrogens is 257 g/mol. The molecule has 18 heavy (non-hydrogen) atoms. The molecule has 2 N–H and O–H groups in total. The quantitative estimate of drug-likeness (QED) is 0.865. The zero-order chi connectivity index (χ0) is 13.0. The van der Waals surface area contributed by atoms with E-state index in [1.165, 1.54) is 12.1 Å². The van der Waals surface area contributed by atoms with Crippen LogP contribution in [0.4, 0.5) is 4.39 Å². The fourth-order valence-corrected chi connectivity index (χ4v) is 2.37. The lowest BCUT2D eigenvalue weighted by molar-refractivity contribution is 0.104. The highest BCUT2D eigenvalue weighted by molar-refractivity contribution is 6.30. The zero-order valence-electron chi connectivity index (χ0n) is 10.0. The molecule has 1 aromatic rings. The first-order valence-corrected chi connectivity index (χ1v) is 6.48. The Morgan fingerprint density at radius 3 is 2.94 bits per heavy atom. The van der Waals surface area contributed by atoms with Crippen molar-refractivity contribution in [2.24, 2.45) is 0 Å². The summed E-state index contributed by atoms with van der Waals surface area (Å²) < 4.78 is 18.7. The van der Waals surface area contributed by atoms with Crippen LogP contribution in [-0.4, -0.2) is 31.0 Å². The van der Waals surface area contributed by atoms with Crippen molar-refractivity contribution in [1.82, 2.24) is 5.32 Å². The summed E-state index contributed by atoms with van der Waals surface area (Å²) in [6.07, 6.45) is 2.28. The highest BCUT2D eigenvalue weighted by Crippen LogP contribution is 2.20. The number of hydrogen-bond donors (Lipinski definition) is 2. The van der Waals surface area contributed by atoms with Gasteiger partial charge in [-0.2, -0.15) is 0 Å². The molecule has 3 nitrogen and oxygen atoms in total. The highest BCUT2D eigenvalue weighted by Gasteiger charge is 2.18. The highest BCUT2D eigenvalue weighted by atomic mass is 35.5. The van der Waals surface area contributed by atoms with Crippen LogP contribution in [0.3, 0.4) is 0 Å². The zero-order valence-corrected chi connectivity index (χ0v) is 10.8. The molecule has 1 fully saturated rings. The maximum absolute atomic E-state index is 13.2. The van der Waals surface area contributed by atoms with Gasteiger partial charge >= 0.3 is 0 Å². The average Bonchev–Trinajstić information content (AvgIpc) is 2.81. The van der Waals surface area contributed by atoms with Crippen LogP contribution in [0.1, 0.15) is 24.4 Å². The molecule has 1 aliphatic heterocycles. The Kier molecular flexibility index (Phi) is 4.95. The van der Waals surface area contributed by atoms with Crippen molar-refractivity contribution in [3.8, 4) is 0 Å². The van der Waals surface area contributed by atoms with Crippen LogP contribution >= 0.6 is 11.6 Å². The molecule has 2 rings (SSSR count). The molecule has 2 unspecified atom stereocenters. The Morgan fingerprint density at radius 1 is 1.50 bits per heavy atom. The third kappa shape index (κ3) is 3.65. The Balaban J connectivity index is 1.98. The number of aliphatic hydroxyl groups is 1. The van der Waals surface area contributed by atoms with Crippen molar-refractivity contribution < 1.29 is 14.2 Å². The Morgan fingerprint density at radius 2 is 2.33 bits per heavy atom. The summed E-state index contributed by atoms with van der Waals surface area (Å²) in [6.45, 7) is 1.34. The van der Waals surface area contributed by atoms with Crippen LogP contribution in [0.15, 0.2) is 18.2 Å². The van der Waals surface area contributed by atoms with E-state index in [4.69, 9.17) is 16.3 Å². The van der Waals surface area contributed by atoms with Gasteiger partial charge in [0.05, 0.1) is 18.8 Å². The molecule has 100 valence electrons. The fraction of sp³-hybridized carbons (Fsp3) is 0.538. The maximum Gasteiger partial charge on any atom is 0.125 e.